The highest BCUT2D eigenvalue weighted by Crippen LogP contribution is 2.23. The fraction of sp³-hybridized carbons (Fsp3) is 0.167. The monoisotopic (exact) mass is 440 g/mol. The quantitative estimate of drug-likeness (QED) is 0.511. The second-order valence-corrected chi connectivity index (χ2v) is 7.64. The maximum atomic E-state index is 14.3. The van der Waals surface area contributed by atoms with Gasteiger partial charge in [0.25, 0.3) is 5.91 Å². The Hall–Kier alpha value is -3.25. The molecule has 0 bridgehead atoms. The molecule has 0 N–H and O–H groups in total. The van der Waals surface area contributed by atoms with Gasteiger partial charge in [0.2, 0.25) is 0 Å². The van der Waals surface area contributed by atoms with Gasteiger partial charge in [-0.05, 0) is 41.5 Å². The van der Waals surface area contributed by atoms with E-state index in [1.165, 1.54) is 35.2 Å². The van der Waals surface area contributed by atoms with Gasteiger partial charge in [-0.2, -0.15) is 0 Å². The summed E-state index contributed by atoms with van der Waals surface area (Å²) in [5, 5.41) is 4.62. The lowest BCUT2D eigenvalue weighted by molar-refractivity contribution is 0.0402. The molecule has 0 radical (unpaired) electrons. The fourth-order valence-electron chi connectivity index (χ4n) is 3.44. The predicted octanol–water partition coefficient (Wildman–Crippen LogP) is 5.45. The van der Waals surface area contributed by atoms with Crippen LogP contribution in [0, 0.1) is 11.6 Å². The zero-order valence-corrected chi connectivity index (χ0v) is 17.2. The third kappa shape index (κ3) is 4.91. The van der Waals surface area contributed by atoms with Crippen molar-refractivity contribution >= 4 is 23.2 Å². The van der Waals surface area contributed by atoms with E-state index >= 15 is 0 Å². The molecular weight excluding hydrogens is 422 g/mol. The van der Waals surface area contributed by atoms with Gasteiger partial charge in [-0.15, -0.1) is 0 Å². The highest BCUT2D eigenvalue weighted by Gasteiger charge is 2.28. The van der Waals surface area contributed by atoms with E-state index < -0.39 is 17.8 Å². The summed E-state index contributed by atoms with van der Waals surface area (Å²) in [7, 11) is 0. The van der Waals surface area contributed by atoms with E-state index in [0.717, 1.165) is 11.1 Å². The molecule has 0 spiro atoms. The Kier molecular flexibility index (Phi) is 6.28. The summed E-state index contributed by atoms with van der Waals surface area (Å²) in [6.45, 7) is 0.380. The van der Waals surface area contributed by atoms with Crippen LogP contribution in [0.3, 0.4) is 0 Å². The number of amides is 1. The summed E-state index contributed by atoms with van der Waals surface area (Å²) in [4.78, 5) is 20.2. The van der Waals surface area contributed by atoms with Crippen molar-refractivity contribution in [3.63, 3.8) is 0 Å². The first kappa shape index (κ1) is 21.0. The standard InChI is InChI=1S/C24H19ClF2N2O2/c25-21-7-3-1-5-17(21)14-29(24(30)20-6-2-4-8-22(20)27)15-19-13-23(28-31-19)16-9-11-18(26)12-10-16/h1-12,19H,13-15H2. The number of carbonyl (C=O) groups excluding carboxylic acids is 1. The average molecular weight is 441 g/mol. The first-order valence-corrected chi connectivity index (χ1v) is 10.1. The number of nitrogens with zero attached hydrogens (tertiary/aromatic N) is 2. The number of hydrogen-bond acceptors (Lipinski definition) is 3. The lowest BCUT2D eigenvalue weighted by Crippen LogP contribution is -2.37. The molecule has 158 valence electrons. The Bertz CT molecular complexity index is 1120. The van der Waals surface area contributed by atoms with Crippen molar-refractivity contribution < 1.29 is 18.4 Å². The van der Waals surface area contributed by atoms with Crippen molar-refractivity contribution in [2.45, 2.75) is 19.1 Å². The summed E-state index contributed by atoms with van der Waals surface area (Å²) >= 11 is 6.29. The molecule has 7 heteroatoms. The van der Waals surface area contributed by atoms with Crippen LogP contribution in [-0.2, 0) is 11.4 Å². The van der Waals surface area contributed by atoms with Gasteiger partial charge >= 0.3 is 0 Å². The summed E-state index contributed by atoms with van der Waals surface area (Å²) in [6, 6.07) is 19.0. The number of oxime groups is 1. The second-order valence-electron chi connectivity index (χ2n) is 7.23. The molecule has 0 aliphatic carbocycles. The topological polar surface area (TPSA) is 41.9 Å². The molecule has 1 heterocycles. The molecule has 0 fully saturated rings. The lowest BCUT2D eigenvalue weighted by Gasteiger charge is -2.25. The van der Waals surface area contributed by atoms with Crippen LogP contribution in [0.1, 0.15) is 27.9 Å². The predicted molar refractivity (Wildman–Crippen MR) is 115 cm³/mol. The van der Waals surface area contributed by atoms with E-state index in [-0.39, 0.29) is 24.5 Å². The molecule has 1 atom stereocenters. The highest BCUT2D eigenvalue weighted by molar-refractivity contribution is 6.31. The average Bonchev–Trinajstić information content (AvgIpc) is 3.24. The van der Waals surface area contributed by atoms with Crippen molar-refractivity contribution in [1.29, 1.82) is 0 Å². The van der Waals surface area contributed by atoms with Crippen LogP contribution < -0.4 is 0 Å². The van der Waals surface area contributed by atoms with Crippen LogP contribution in [0.4, 0.5) is 8.78 Å². The molecule has 1 aliphatic heterocycles. The zero-order chi connectivity index (χ0) is 21.8. The van der Waals surface area contributed by atoms with Crippen molar-refractivity contribution in [2.75, 3.05) is 6.54 Å². The lowest BCUT2D eigenvalue weighted by atomic mass is 10.0. The SMILES string of the molecule is O=C(c1ccccc1F)N(Cc1ccccc1Cl)CC1CC(c2ccc(F)cc2)=NO1. The van der Waals surface area contributed by atoms with Crippen LogP contribution in [0.25, 0.3) is 0 Å². The number of hydrogen-bond donors (Lipinski definition) is 0. The largest absolute Gasteiger partial charge is 0.390 e. The molecule has 31 heavy (non-hydrogen) atoms. The van der Waals surface area contributed by atoms with Gasteiger partial charge in [-0.3, -0.25) is 4.79 Å². The van der Waals surface area contributed by atoms with E-state index in [9.17, 15) is 13.6 Å². The molecule has 3 aromatic carbocycles. The van der Waals surface area contributed by atoms with Gasteiger partial charge in [0.1, 0.15) is 11.6 Å². The normalized spacial score (nSPS) is 15.3. The number of carbonyl (C=O) groups is 1. The molecule has 3 aromatic rings. The highest BCUT2D eigenvalue weighted by atomic mass is 35.5. The molecule has 0 saturated heterocycles. The molecule has 0 saturated carbocycles. The van der Waals surface area contributed by atoms with Crippen LogP contribution in [-0.4, -0.2) is 29.2 Å². The molecular formula is C24H19ClF2N2O2. The molecule has 4 nitrogen and oxygen atoms in total. The van der Waals surface area contributed by atoms with Crippen LogP contribution in [0.2, 0.25) is 5.02 Å². The Morgan fingerprint density at radius 2 is 1.74 bits per heavy atom. The minimum absolute atomic E-state index is 0.0211. The second kappa shape index (κ2) is 9.27. The van der Waals surface area contributed by atoms with Gasteiger partial charge < -0.3 is 9.74 Å². The summed E-state index contributed by atoms with van der Waals surface area (Å²) in [6.07, 6.45) is 0.0214. The van der Waals surface area contributed by atoms with Crippen LogP contribution in [0.15, 0.2) is 78.0 Å². The first-order chi connectivity index (χ1) is 15.0. The van der Waals surface area contributed by atoms with Crippen molar-refractivity contribution in [3.8, 4) is 0 Å². The summed E-state index contributed by atoms with van der Waals surface area (Å²) < 4.78 is 27.5. The van der Waals surface area contributed by atoms with Crippen molar-refractivity contribution in [3.05, 3.63) is 106 Å². The van der Waals surface area contributed by atoms with Gasteiger partial charge in [0.15, 0.2) is 6.10 Å². The third-order valence-electron chi connectivity index (χ3n) is 5.04. The van der Waals surface area contributed by atoms with Gasteiger partial charge in [-0.1, -0.05) is 59.2 Å². The zero-order valence-electron chi connectivity index (χ0n) is 16.5. The van der Waals surface area contributed by atoms with Gasteiger partial charge in [-0.25, -0.2) is 8.78 Å². The number of benzene rings is 3. The number of rotatable bonds is 6. The maximum Gasteiger partial charge on any atom is 0.257 e. The van der Waals surface area contributed by atoms with Crippen molar-refractivity contribution in [1.82, 2.24) is 4.90 Å². The first-order valence-electron chi connectivity index (χ1n) is 9.77. The van der Waals surface area contributed by atoms with Gasteiger partial charge in [0.05, 0.1) is 17.8 Å². The molecule has 1 amide bonds. The van der Waals surface area contributed by atoms with E-state index in [2.05, 4.69) is 5.16 Å². The maximum absolute atomic E-state index is 14.3. The smallest absolute Gasteiger partial charge is 0.257 e. The number of halogens is 3. The van der Waals surface area contributed by atoms with Crippen LogP contribution >= 0.6 is 11.6 Å². The summed E-state index contributed by atoms with van der Waals surface area (Å²) in [5.41, 5.74) is 2.14. The van der Waals surface area contributed by atoms with E-state index in [4.69, 9.17) is 16.4 Å². The fourth-order valence-corrected chi connectivity index (χ4v) is 3.64. The van der Waals surface area contributed by atoms with E-state index in [1.54, 1.807) is 30.3 Å². The molecule has 1 unspecified atom stereocenters. The molecule has 0 aromatic heterocycles. The summed E-state index contributed by atoms with van der Waals surface area (Å²) in [5.74, 6) is -1.38. The Morgan fingerprint density at radius 1 is 1.03 bits per heavy atom. The van der Waals surface area contributed by atoms with Crippen LogP contribution in [0.5, 0.6) is 0 Å². The third-order valence-corrected chi connectivity index (χ3v) is 5.41. The minimum Gasteiger partial charge on any atom is -0.390 e. The molecule has 1 aliphatic rings. The Labute approximate surface area is 183 Å². The van der Waals surface area contributed by atoms with Crippen molar-refractivity contribution in [2.24, 2.45) is 5.16 Å². The van der Waals surface area contributed by atoms with Gasteiger partial charge in [0, 0.05) is 18.0 Å². The minimum atomic E-state index is -0.591. The Balaban J connectivity index is 1.53. The van der Waals surface area contributed by atoms with E-state index in [1.807, 2.05) is 12.1 Å². The Morgan fingerprint density at radius 3 is 2.48 bits per heavy atom. The van der Waals surface area contributed by atoms with E-state index in [0.29, 0.717) is 17.2 Å². The molecule has 4 rings (SSSR count).